The van der Waals surface area contributed by atoms with Gasteiger partial charge in [0.2, 0.25) is 0 Å². The summed E-state index contributed by atoms with van der Waals surface area (Å²) in [6.07, 6.45) is 3.91. The Morgan fingerprint density at radius 2 is 2.11 bits per heavy atom. The van der Waals surface area contributed by atoms with Crippen LogP contribution >= 0.6 is 23.2 Å². The van der Waals surface area contributed by atoms with Gasteiger partial charge in [0.1, 0.15) is 0 Å². The van der Waals surface area contributed by atoms with Crippen LogP contribution in [0.1, 0.15) is 37.8 Å². The average molecular weight is 299 g/mol. The molecule has 3 rings (SSSR count). The van der Waals surface area contributed by atoms with E-state index in [9.17, 15) is 0 Å². The van der Waals surface area contributed by atoms with Crippen LogP contribution in [0.5, 0.6) is 0 Å². The highest BCUT2D eigenvalue weighted by Crippen LogP contribution is 2.31. The minimum absolute atomic E-state index is 0.247. The summed E-state index contributed by atoms with van der Waals surface area (Å²) in [5, 5.41) is 5.30. The maximum atomic E-state index is 6.28. The molecular weight excluding hydrogens is 279 g/mol. The van der Waals surface area contributed by atoms with Crippen LogP contribution in [0.4, 0.5) is 0 Å². The molecule has 0 aliphatic carbocycles. The number of benzene rings is 1. The fraction of sp³-hybridized carbons (Fsp3) is 0.600. The Hall–Kier alpha value is -0.280. The van der Waals surface area contributed by atoms with Gasteiger partial charge in [-0.15, -0.1) is 0 Å². The zero-order valence-electron chi connectivity index (χ0n) is 11.2. The molecule has 2 aliphatic heterocycles. The van der Waals surface area contributed by atoms with E-state index in [1.165, 1.54) is 32.4 Å². The standard InChI is InChI=1S/C15H20Cl2N2/c1-10(12-9-11(16)4-5-13(12)17)18-14-6-8-19-7-2-3-15(14)19/h4-5,9-10,14-15,18H,2-3,6-8H2,1H3. The lowest BCUT2D eigenvalue weighted by atomic mass is 10.0. The van der Waals surface area contributed by atoms with Gasteiger partial charge in [-0.05, 0) is 56.5 Å². The average Bonchev–Trinajstić information content (AvgIpc) is 2.97. The van der Waals surface area contributed by atoms with Crippen molar-refractivity contribution in [3.8, 4) is 0 Å². The van der Waals surface area contributed by atoms with Crippen LogP contribution in [0.15, 0.2) is 18.2 Å². The van der Waals surface area contributed by atoms with Crippen molar-refractivity contribution in [2.24, 2.45) is 0 Å². The van der Waals surface area contributed by atoms with Crippen LogP contribution < -0.4 is 5.32 Å². The number of halogens is 2. The van der Waals surface area contributed by atoms with Crippen LogP contribution in [0, 0.1) is 0 Å². The fourth-order valence-corrected chi connectivity index (χ4v) is 4.00. The van der Waals surface area contributed by atoms with Crippen molar-refractivity contribution >= 4 is 23.2 Å². The normalized spacial score (nSPS) is 28.6. The van der Waals surface area contributed by atoms with E-state index in [0.29, 0.717) is 6.04 Å². The molecule has 2 aliphatic rings. The molecule has 19 heavy (non-hydrogen) atoms. The maximum Gasteiger partial charge on any atom is 0.0454 e. The highest BCUT2D eigenvalue weighted by atomic mass is 35.5. The fourth-order valence-electron chi connectivity index (χ4n) is 3.53. The Bertz CT molecular complexity index is 463. The maximum absolute atomic E-state index is 6.28. The molecule has 0 saturated carbocycles. The van der Waals surface area contributed by atoms with E-state index in [4.69, 9.17) is 23.2 Å². The number of nitrogens with zero attached hydrogens (tertiary/aromatic N) is 1. The Morgan fingerprint density at radius 3 is 2.95 bits per heavy atom. The zero-order chi connectivity index (χ0) is 13.4. The first-order valence-electron chi connectivity index (χ1n) is 7.10. The number of fused-ring (bicyclic) bond motifs is 1. The molecule has 1 aromatic rings. The van der Waals surface area contributed by atoms with Gasteiger partial charge in [-0.1, -0.05) is 23.2 Å². The lowest BCUT2D eigenvalue weighted by molar-refractivity contribution is 0.291. The molecule has 2 saturated heterocycles. The Balaban J connectivity index is 1.71. The summed E-state index contributed by atoms with van der Waals surface area (Å²) in [4.78, 5) is 2.62. The molecular formula is C15H20Cl2N2. The van der Waals surface area contributed by atoms with E-state index in [2.05, 4.69) is 17.1 Å². The molecule has 0 amide bonds. The smallest absolute Gasteiger partial charge is 0.0454 e. The van der Waals surface area contributed by atoms with Crippen LogP contribution in [-0.2, 0) is 0 Å². The van der Waals surface area contributed by atoms with Gasteiger partial charge in [-0.3, -0.25) is 4.90 Å². The first-order chi connectivity index (χ1) is 9.15. The number of nitrogens with one attached hydrogen (secondary N) is 1. The van der Waals surface area contributed by atoms with Gasteiger partial charge in [0.05, 0.1) is 0 Å². The van der Waals surface area contributed by atoms with Gasteiger partial charge in [-0.2, -0.15) is 0 Å². The zero-order valence-corrected chi connectivity index (χ0v) is 12.7. The molecule has 1 aromatic carbocycles. The molecule has 2 nitrogen and oxygen atoms in total. The van der Waals surface area contributed by atoms with E-state index in [1.54, 1.807) is 0 Å². The molecule has 0 bridgehead atoms. The van der Waals surface area contributed by atoms with Crippen molar-refractivity contribution in [3.05, 3.63) is 33.8 Å². The highest BCUT2D eigenvalue weighted by Gasteiger charge is 2.37. The number of hydrogen-bond acceptors (Lipinski definition) is 2. The first-order valence-corrected chi connectivity index (χ1v) is 7.86. The van der Waals surface area contributed by atoms with E-state index >= 15 is 0 Å². The van der Waals surface area contributed by atoms with E-state index in [1.807, 2.05) is 18.2 Å². The van der Waals surface area contributed by atoms with Crippen LogP contribution in [0.2, 0.25) is 10.0 Å². The van der Waals surface area contributed by atoms with Crippen molar-refractivity contribution in [3.63, 3.8) is 0 Å². The largest absolute Gasteiger partial charge is 0.306 e. The predicted octanol–water partition coefficient (Wildman–Crippen LogP) is 3.88. The summed E-state index contributed by atoms with van der Waals surface area (Å²) in [5.74, 6) is 0. The third-order valence-corrected chi connectivity index (χ3v) is 5.07. The van der Waals surface area contributed by atoms with Gasteiger partial charge < -0.3 is 5.32 Å². The quantitative estimate of drug-likeness (QED) is 0.911. The van der Waals surface area contributed by atoms with Crippen molar-refractivity contribution < 1.29 is 0 Å². The Morgan fingerprint density at radius 1 is 1.26 bits per heavy atom. The summed E-state index contributed by atoms with van der Waals surface area (Å²) < 4.78 is 0. The summed E-state index contributed by atoms with van der Waals surface area (Å²) >= 11 is 12.4. The minimum Gasteiger partial charge on any atom is -0.306 e. The molecule has 0 radical (unpaired) electrons. The third kappa shape index (κ3) is 2.78. The Labute approximate surface area is 125 Å². The van der Waals surface area contributed by atoms with Crippen molar-refractivity contribution in [1.29, 1.82) is 0 Å². The summed E-state index contributed by atoms with van der Waals surface area (Å²) in [6.45, 7) is 4.68. The van der Waals surface area contributed by atoms with Gasteiger partial charge in [-0.25, -0.2) is 0 Å². The second kappa shape index (κ2) is 5.61. The molecule has 1 N–H and O–H groups in total. The summed E-state index contributed by atoms with van der Waals surface area (Å²) in [7, 11) is 0. The molecule has 0 spiro atoms. The molecule has 3 unspecified atom stereocenters. The predicted molar refractivity (Wildman–Crippen MR) is 81.0 cm³/mol. The lowest BCUT2D eigenvalue weighted by Crippen LogP contribution is -2.40. The van der Waals surface area contributed by atoms with Gasteiger partial charge in [0.15, 0.2) is 0 Å². The monoisotopic (exact) mass is 298 g/mol. The Kier molecular flexibility index (Phi) is 4.04. The number of rotatable bonds is 3. The molecule has 104 valence electrons. The molecule has 3 atom stereocenters. The van der Waals surface area contributed by atoms with E-state index < -0.39 is 0 Å². The SMILES string of the molecule is CC(NC1CCN2CCCC12)c1cc(Cl)ccc1Cl. The first kappa shape index (κ1) is 13.7. The van der Waals surface area contributed by atoms with Gasteiger partial charge in [0.25, 0.3) is 0 Å². The van der Waals surface area contributed by atoms with E-state index in [-0.39, 0.29) is 6.04 Å². The van der Waals surface area contributed by atoms with Crippen molar-refractivity contribution in [2.75, 3.05) is 13.1 Å². The van der Waals surface area contributed by atoms with Gasteiger partial charge in [0, 0.05) is 34.7 Å². The van der Waals surface area contributed by atoms with Crippen molar-refractivity contribution in [1.82, 2.24) is 10.2 Å². The van der Waals surface area contributed by atoms with E-state index in [0.717, 1.165) is 21.7 Å². The van der Waals surface area contributed by atoms with Gasteiger partial charge >= 0.3 is 0 Å². The number of hydrogen-bond donors (Lipinski definition) is 1. The summed E-state index contributed by atoms with van der Waals surface area (Å²) in [5.41, 5.74) is 1.10. The van der Waals surface area contributed by atoms with Crippen LogP contribution in [0.25, 0.3) is 0 Å². The lowest BCUT2D eigenvalue weighted by Gasteiger charge is -2.26. The second-order valence-corrected chi connectivity index (χ2v) is 6.54. The molecule has 2 heterocycles. The molecule has 0 aromatic heterocycles. The molecule has 2 fully saturated rings. The minimum atomic E-state index is 0.247. The summed E-state index contributed by atoms with van der Waals surface area (Å²) in [6, 6.07) is 7.26. The third-order valence-electron chi connectivity index (χ3n) is 4.49. The van der Waals surface area contributed by atoms with Crippen molar-refractivity contribution in [2.45, 2.75) is 44.3 Å². The topological polar surface area (TPSA) is 15.3 Å². The van der Waals surface area contributed by atoms with Crippen LogP contribution in [-0.4, -0.2) is 30.1 Å². The molecule has 4 heteroatoms. The second-order valence-electron chi connectivity index (χ2n) is 5.69. The highest BCUT2D eigenvalue weighted by molar-refractivity contribution is 6.33. The van der Waals surface area contributed by atoms with Crippen LogP contribution in [0.3, 0.4) is 0 Å².